The molecule has 0 aliphatic heterocycles. The van der Waals surface area contributed by atoms with E-state index >= 15 is 0 Å². The van der Waals surface area contributed by atoms with E-state index in [9.17, 15) is 9.59 Å². The van der Waals surface area contributed by atoms with E-state index in [4.69, 9.17) is 48.4 Å². The van der Waals surface area contributed by atoms with E-state index < -0.39 is 19.9 Å². The molecule has 6 aromatic rings. The van der Waals surface area contributed by atoms with Gasteiger partial charge >= 0.3 is 11.9 Å². The molecule has 0 aliphatic carbocycles. The number of benzene rings is 6. The van der Waals surface area contributed by atoms with E-state index in [1.807, 2.05) is 68.4 Å². The van der Waals surface area contributed by atoms with Crippen molar-refractivity contribution in [1.29, 1.82) is 0 Å². The SMILES string of the molecule is C#CC#CC#CC#CC#CC#CC#CC#CC#CC#CC#COc1cc(C)cc(CO)c1.C#CC#CC#CC#CC#CC#CC#CC#CC#CC#CC#COc1cc(COC(=O)c2ccc(P(c3ccccc3)c3ccccc3)cc2)cc(OC#CC#CC#CC#CC#CC#CC#CC#CC#CC#CC#C)c1.Cc1ccc(C(=O)O)cc1.[HH].[HH].[HH].[HH].[HH].[HH].[HH].[HH].[HH].[HH].[HH].[HH].[HH].[HH].[HH].[HH].[HH].[HH].[HH].[HH].[HH].[HH].[HH].[HH].[HH].[HH].[HH].[HH].[HH].[HH].[HH].[HH].[HH].[HH].[HH].[HH].[HH].[HH].[HH].[HH].[HH].[HH].[HH].[HH].[HH].[HH].[HH].[HH].[HH].[HH].[HH].[HH].[HH].[HH].[HH].[HH].[HH].[HH].[HH].[HH].[HH].[HH].[HH].[HH].[HH].[HH]. The van der Waals surface area contributed by atoms with Gasteiger partial charge < -0.3 is 29.2 Å². The third-order valence-corrected chi connectivity index (χ3v) is 14.0. The lowest BCUT2D eigenvalue weighted by Crippen LogP contribution is -2.20. The van der Waals surface area contributed by atoms with Crippen molar-refractivity contribution in [2.75, 3.05) is 0 Å². The number of terminal acetylenes is 3. The van der Waals surface area contributed by atoms with Crippen molar-refractivity contribution < 1.29 is 133 Å². The van der Waals surface area contributed by atoms with E-state index in [1.165, 1.54) is 16.7 Å². The molecule has 0 saturated carbocycles. The van der Waals surface area contributed by atoms with Gasteiger partial charge in [0.15, 0.2) is 0 Å². The Hall–Kier alpha value is -20.5. The second-order valence-corrected chi connectivity index (χ2v) is 21.8. The summed E-state index contributed by atoms with van der Waals surface area (Å²) >= 11 is 0. The number of aliphatic hydroxyl groups excluding tert-OH is 1. The highest BCUT2D eigenvalue weighted by Gasteiger charge is 2.18. The van der Waals surface area contributed by atoms with Crippen LogP contribution in [0, 0.1) is 407 Å². The Morgan fingerprint density at radius 1 is 0.299 bits per heavy atom. The summed E-state index contributed by atoms with van der Waals surface area (Å²) in [4.78, 5) is 23.6. The second kappa shape index (κ2) is 61.8. The highest BCUT2D eigenvalue weighted by atomic mass is 31.1. The Kier molecular flexibility index (Phi) is 47.0. The predicted octanol–water partition coefficient (Wildman–Crippen LogP) is 24.2. The first kappa shape index (κ1) is 88.9. The van der Waals surface area contributed by atoms with E-state index in [0.29, 0.717) is 22.4 Å². The number of carbonyl (C=O) groups excluding carboxylic acids is 1. The van der Waals surface area contributed by atoms with Gasteiger partial charge in [-0.1, -0.05) is 96.6 Å². The zero-order valence-electron chi connectivity index (χ0n) is 61.3. The Morgan fingerprint density at radius 2 is 0.556 bits per heavy atom. The molecule has 2 N–H and O–H groups in total. The topological polar surface area (TPSA) is 112 Å². The maximum Gasteiger partial charge on any atom is 0.338 e. The zero-order valence-corrected chi connectivity index (χ0v) is 62.2. The maximum absolute atomic E-state index is 13.3. The van der Waals surface area contributed by atoms with Gasteiger partial charge in [0, 0.05) is 313 Å². The lowest BCUT2D eigenvalue weighted by atomic mass is 10.1. The first-order valence-corrected chi connectivity index (χ1v) is 33.7. The predicted molar refractivity (Wildman–Crippen MR) is 597 cm³/mol. The molecule has 0 bridgehead atoms. The third-order valence-electron chi connectivity index (χ3n) is 11.5. The van der Waals surface area contributed by atoms with Crippen molar-refractivity contribution in [3.8, 4) is 410 Å². The number of aliphatic hydroxyl groups is 1. The normalized spacial score (nSPS) is 6.81. The van der Waals surface area contributed by atoms with Crippen LogP contribution in [0.4, 0.5) is 0 Å². The minimum atomic E-state index is -0.875. The minimum absolute atomic E-state index is 0. The van der Waals surface area contributed by atoms with Gasteiger partial charge in [-0.25, -0.2) is 9.59 Å². The summed E-state index contributed by atoms with van der Waals surface area (Å²) in [5, 5.41) is 21.1. The van der Waals surface area contributed by atoms with Crippen molar-refractivity contribution in [3.05, 3.63) is 179 Å². The van der Waals surface area contributed by atoms with Crippen molar-refractivity contribution in [2.45, 2.75) is 27.1 Å². The zero-order chi connectivity index (χ0) is 83.4. The third kappa shape index (κ3) is 45.5. The molecule has 117 heavy (non-hydrogen) atoms. The van der Waals surface area contributed by atoms with Gasteiger partial charge in [-0.15, -0.1) is 19.3 Å². The molecule has 0 unspecified atom stereocenters. The van der Waals surface area contributed by atoms with Gasteiger partial charge in [-0.3, -0.25) is 0 Å². The smallest absolute Gasteiger partial charge is 0.338 e. The first-order chi connectivity index (χ1) is 57.6. The van der Waals surface area contributed by atoms with Gasteiger partial charge in [-0.2, -0.15) is 0 Å². The van der Waals surface area contributed by atoms with Crippen LogP contribution in [-0.4, -0.2) is 22.2 Å². The lowest BCUT2D eigenvalue weighted by molar-refractivity contribution is 0.0471. The molecule has 0 aromatic heterocycles. The molecule has 0 saturated heterocycles. The van der Waals surface area contributed by atoms with Crippen molar-refractivity contribution in [2.24, 2.45) is 0 Å². The minimum Gasteiger partial charge on any atom is -0.478 e. The van der Waals surface area contributed by atoms with Crippen LogP contribution in [0.25, 0.3) is 0 Å². The molecule has 0 amide bonds. The van der Waals surface area contributed by atoms with Crippen LogP contribution in [0.5, 0.6) is 17.2 Å². The Balaban J connectivity index is -0.0000000195. The molecule has 6 rings (SSSR count). The Labute approximate surface area is 784 Å². The van der Waals surface area contributed by atoms with Crippen LogP contribution in [0.15, 0.2) is 146 Å². The first-order valence-electron chi connectivity index (χ1n) is 32.3. The summed E-state index contributed by atoms with van der Waals surface area (Å²) in [6.45, 7) is 3.62. The van der Waals surface area contributed by atoms with Crippen molar-refractivity contribution >= 4 is 35.8 Å². The summed E-state index contributed by atoms with van der Waals surface area (Å²) in [6.07, 6.45) is 22.3. The molecular weight excluding hydrogens is 1460 g/mol. The number of aryl methyl sites for hydroxylation is 2. The van der Waals surface area contributed by atoms with Crippen LogP contribution in [0.3, 0.4) is 0 Å². The molecular formula is C108H171O8P. The fourth-order valence-electron chi connectivity index (χ4n) is 7.11. The van der Waals surface area contributed by atoms with Gasteiger partial charge in [-0.05, 0) is 245 Å². The van der Waals surface area contributed by atoms with Crippen molar-refractivity contribution in [1.82, 2.24) is 0 Å². The second-order valence-electron chi connectivity index (χ2n) is 19.6. The van der Waals surface area contributed by atoms with Gasteiger partial charge in [0.2, 0.25) is 0 Å². The van der Waals surface area contributed by atoms with E-state index in [-0.39, 0.29) is 119 Å². The summed E-state index contributed by atoms with van der Waals surface area (Å²) < 4.78 is 22.2. The average molecular weight is 1630 g/mol. The quantitative estimate of drug-likeness (QED) is 0.0750. The molecule has 6 aromatic carbocycles. The van der Waals surface area contributed by atoms with Crippen LogP contribution in [0.2, 0.25) is 0 Å². The fraction of sp³-hybridized carbons (Fsp3) is 0.0370. The number of aromatic carboxylic acids is 1. The largest absolute Gasteiger partial charge is 0.478 e. The molecule has 0 spiro atoms. The van der Waals surface area contributed by atoms with E-state index in [0.717, 1.165) is 22.0 Å². The van der Waals surface area contributed by atoms with E-state index in [2.05, 4.69) is 398 Å². The van der Waals surface area contributed by atoms with Gasteiger partial charge in [0.05, 0.1) is 17.7 Å². The molecule has 9 heteroatoms. The lowest BCUT2D eigenvalue weighted by Gasteiger charge is -2.19. The van der Waals surface area contributed by atoms with Crippen LogP contribution < -0.4 is 30.1 Å². The monoisotopic (exact) mass is 1630 g/mol. The number of carbonyl (C=O) groups is 2. The summed E-state index contributed by atoms with van der Waals surface area (Å²) in [6, 6.07) is 44.9. The van der Waals surface area contributed by atoms with E-state index in [1.54, 1.807) is 60.7 Å². The van der Waals surface area contributed by atoms with Gasteiger partial charge in [0.1, 0.15) is 42.2 Å². The number of ether oxygens (including phenoxy) is 4. The average Bonchev–Trinajstić information content (AvgIpc) is 0.808. The molecule has 656 valence electrons. The number of hydrogen-bond donors (Lipinski definition) is 2. The van der Waals surface area contributed by atoms with Crippen LogP contribution in [0.1, 0.15) is 137 Å². The standard InChI is InChI=1S/C70H21O4P.C30H10O2.C8H8O2.66H2/c1-3-5-7-9-11-13-15-17-19-21-23-25-27-29-31-33-35-37-39-47-57-72-65-59-63(62-74-70(71)64-53-55-69(56-54-64)75(67-49-43-41-44-50-67)68-51-45-42-46-52-68)60-66(61-65)73-58-48-40-38-36-34-32-30-28-26-24-22-20-18-16-14-12-10-8-6-4-2;1-3-4-5-6-7-8-9-10-11-12-13-14-15-16-17-18-19-20-21-22-23-32-30-25-28(2)24-29(26-30)27-31;1-6-2-4-7(5-3-6)8(9)10;;;;;;;;;;;;;;;;;;;;;;;;;;;;;;;;;;;;;;;;;;;;;;;;;;;;;;;;;;;;;;;;;;/h1-2,41-46,49-56,59-61H,62H2;1,24-26,31H,27H2,2H3;2-5H,1H3,(H,9,10);66*1H. The Morgan fingerprint density at radius 3 is 0.838 bits per heavy atom. The van der Waals surface area contributed by atoms with Crippen LogP contribution in [-0.2, 0) is 18.0 Å². The molecule has 8 nitrogen and oxygen atoms in total. The number of carboxylic acid groups (broad SMARTS) is 1. The molecule has 0 radical (unpaired) electrons. The summed E-state index contributed by atoms with van der Waals surface area (Å²) in [7, 11) is -0.850. The number of carboxylic acids is 1. The fourth-order valence-corrected chi connectivity index (χ4v) is 9.40. The molecule has 0 fully saturated rings. The maximum atomic E-state index is 13.3. The Bertz CT molecular complexity index is 7060. The van der Waals surface area contributed by atoms with Crippen molar-refractivity contribution in [3.63, 3.8) is 0 Å². The number of rotatable bonds is 11. The van der Waals surface area contributed by atoms with Gasteiger partial charge in [0.25, 0.3) is 0 Å². The summed E-state index contributed by atoms with van der Waals surface area (Å²) in [5.41, 5.74) is 4.02. The molecule has 0 heterocycles. The molecule has 0 aliphatic rings. The summed E-state index contributed by atoms with van der Waals surface area (Å²) in [5.74, 6) is 148. The number of esters is 1. The van der Waals surface area contributed by atoms with Crippen LogP contribution >= 0.6 is 7.92 Å². The molecule has 0 atom stereocenters. The highest BCUT2D eigenvalue weighted by Crippen LogP contribution is 2.33. The number of hydrogen-bond acceptors (Lipinski definition) is 7. The highest BCUT2D eigenvalue weighted by molar-refractivity contribution is 7.79.